The average molecular weight is 424 g/mol. The Bertz CT molecular complexity index is 1260. The standard InChI is InChI=1S/C22H18ClN3O2S/c1-11-7-8-12(10-14(11)23)25-21(27)20-19(24)18-17(16-6-3-9-28-16)13-4-2-5-15(13)26-22(18)29-20/h3,6-10H,2,4-5,24H2,1H3,(H,25,27). The van der Waals surface area contributed by atoms with Gasteiger partial charge in [-0.15, -0.1) is 11.3 Å². The lowest BCUT2D eigenvalue weighted by molar-refractivity contribution is 0.103. The smallest absolute Gasteiger partial charge is 0.267 e. The van der Waals surface area contributed by atoms with Crippen molar-refractivity contribution in [3.8, 4) is 11.3 Å². The van der Waals surface area contributed by atoms with Crippen molar-refractivity contribution in [3.63, 3.8) is 0 Å². The van der Waals surface area contributed by atoms with Crippen molar-refractivity contribution in [1.82, 2.24) is 4.98 Å². The Morgan fingerprint density at radius 3 is 2.93 bits per heavy atom. The van der Waals surface area contributed by atoms with Crippen LogP contribution in [0.15, 0.2) is 41.0 Å². The molecule has 0 unspecified atom stereocenters. The summed E-state index contributed by atoms with van der Waals surface area (Å²) in [5.41, 5.74) is 11.7. The van der Waals surface area contributed by atoms with Crippen LogP contribution < -0.4 is 11.1 Å². The number of nitrogen functional groups attached to an aromatic ring is 1. The number of nitrogens with one attached hydrogen (secondary N) is 1. The lowest BCUT2D eigenvalue weighted by atomic mass is 10.0. The zero-order valence-electron chi connectivity index (χ0n) is 15.7. The van der Waals surface area contributed by atoms with Gasteiger partial charge in [0.15, 0.2) is 0 Å². The zero-order chi connectivity index (χ0) is 20.1. The third-order valence-corrected chi connectivity index (χ3v) is 6.81. The van der Waals surface area contributed by atoms with E-state index in [9.17, 15) is 4.79 Å². The summed E-state index contributed by atoms with van der Waals surface area (Å²) in [6.07, 6.45) is 4.59. The van der Waals surface area contributed by atoms with Gasteiger partial charge in [-0.25, -0.2) is 4.98 Å². The maximum Gasteiger partial charge on any atom is 0.267 e. The molecule has 1 amide bonds. The Morgan fingerprint density at radius 2 is 2.17 bits per heavy atom. The van der Waals surface area contributed by atoms with Crippen molar-refractivity contribution in [2.45, 2.75) is 26.2 Å². The number of hydrogen-bond acceptors (Lipinski definition) is 5. The SMILES string of the molecule is Cc1ccc(NC(=O)c2sc3nc4c(c(-c5ccco5)c3c2N)CCC4)cc1Cl. The number of furan rings is 1. The maximum atomic E-state index is 13.0. The highest BCUT2D eigenvalue weighted by Crippen LogP contribution is 2.44. The zero-order valence-corrected chi connectivity index (χ0v) is 17.3. The molecule has 0 atom stereocenters. The number of aromatic nitrogens is 1. The Kier molecular flexibility index (Phi) is 4.33. The van der Waals surface area contributed by atoms with Crippen molar-refractivity contribution in [1.29, 1.82) is 0 Å². The molecule has 0 saturated heterocycles. The van der Waals surface area contributed by atoms with Crippen molar-refractivity contribution in [2.75, 3.05) is 11.1 Å². The maximum absolute atomic E-state index is 13.0. The van der Waals surface area contributed by atoms with Gasteiger partial charge in [0.1, 0.15) is 15.5 Å². The number of carbonyl (C=O) groups excluding carboxylic acids is 1. The van der Waals surface area contributed by atoms with Crippen molar-refractivity contribution in [2.24, 2.45) is 0 Å². The summed E-state index contributed by atoms with van der Waals surface area (Å²) in [5.74, 6) is 0.494. The molecule has 3 aromatic heterocycles. The predicted molar refractivity (Wildman–Crippen MR) is 118 cm³/mol. The van der Waals surface area contributed by atoms with Gasteiger partial charge in [0, 0.05) is 27.4 Å². The number of hydrogen-bond donors (Lipinski definition) is 2. The van der Waals surface area contributed by atoms with Gasteiger partial charge in [0.2, 0.25) is 0 Å². The average Bonchev–Trinajstić information content (AvgIpc) is 3.44. The van der Waals surface area contributed by atoms with Crippen LogP contribution in [0.1, 0.15) is 32.9 Å². The number of nitrogens with two attached hydrogens (primary N) is 1. The first kappa shape index (κ1) is 18.2. The van der Waals surface area contributed by atoms with Crippen LogP contribution in [-0.4, -0.2) is 10.9 Å². The van der Waals surface area contributed by atoms with E-state index in [1.54, 1.807) is 12.3 Å². The molecule has 0 aliphatic heterocycles. The largest absolute Gasteiger partial charge is 0.464 e. The molecule has 5 rings (SSSR count). The van der Waals surface area contributed by atoms with Gasteiger partial charge in [-0.1, -0.05) is 17.7 Å². The molecule has 0 radical (unpaired) electrons. The monoisotopic (exact) mass is 423 g/mol. The molecule has 7 heteroatoms. The fourth-order valence-electron chi connectivity index (χ4n) is 3.87. The number of aryl methyl sites for hydroxylation is 2. The molecule has 0 saturated carbocycles. The van der Waals surface area contributed by atoms with E-state index in [2.05, 4.69) is 5.32 Å². The van der Waals surface area contributed by atoms with Crippen LogP contribution in [0.3, 0.4) is 0 Å². The summed E-state index contributed by atoms with van der Waals surface area (Å²) < 4.78 is 5.70. The van der Waals surface area contributed by atoms with Crippen molar-refractivity contribution >= 4 is 50.4 Å². The van der Waals surface area contributed by atoms with Crippen LogP contribution >= 0.6 is 22.9 Å². The number of fused-ring (bicyclic) bond motifs is 2. The highest BCUT2D eigenvalue weighted by Gasteiger charge is 2.27. The van der Waals surface area contributed by atoms with E-state index in [1.807, 2.05) is 31.2 Å². The van der Waals surface area contributed by atoms with E-state index in [-0.39, 0.29) is 5.91 Å². The van der Waals surface area contributed by atoms with Gasteiger partial charge in [-0.3, -0.25) is 4.79 Å². The molecule has 3 N–H and O–H groups in total. The normalized spacial score (nSPS) is 13.0. The molecular weight excluding hydrogens is 406 g/mol. The number of rotatable bonds is 3. The molecule has 0 fully saturated rings. The minimum absolute atomic E-state index is 0.268. The molecule has 1 aliphatic rings. The Labute approximate surface area is 176 Å². The van der Waals surface area contributed by atoms with Crippen LogP contribution in [0.2, 0.25) is 5.02 Å². The van der Waals surface area contributed by atoms with Gasteiger partial charge in [0.25, 0.3) is 5.91 Å². The van der Waals surface area contributed by atoms with Crippen molar-refractivity contribution in [3.05, 3.63) is 63.3 Å². The topological polar surface area (TPSA) is 81.2 Å². The van der Waals surface area contributed by atoms with Crippen LogP contribution in [0.25, 0.3) is 21.5 Å². The second-order valence-electron chi connectivity index (χ2n) is 7.19. The number of nitrogens with zero attached hydrogens (tertiary/aromatic N) is 1. The van der Waals surface area contributed by atoms with Gasteiger partial charge >= 0.3 is 0 Å². The summed E-state index contributed by atoms with van der Waals surface area (Å²) in [6.45, 7) is 1.92. The number of carbonyl (C=O) groups is 1. The van der Waals surface area contributed by atoms with Gasteiger partial charge in [-0.05, 0) is 61.6 Å². The molecule has 0 bridgehead atoms. The molecule has 29 heavy (non-hydrogen) atoms. The number of anilines is 2. The minimum atomic E-state index is -0.268. The molecule has 1 aromatic carbocycles. The molecule has 5 nitrogen and oxygen atoms in total. The van der Waals surface area contributed by atoms with Crippen LogP contribution in [-0.2, 0) is 12.8 Å². The first-order chi connectivity index (χ1) is 14.0. The fourth-order valence-corrected chi connectivity index (χ4v) is 5.07. The lowest BCUT2D eigenvalue weighted by Crippen LogP contribution is -2.12. The van der Waals surface area contributed by atoms with Gasteiger partial charge in [0.05, 0.1) is 12.0 Å². The third-order valence-electron chi connectivity index (χ3n) is 5.31. The van der Waals surface area contributed by atoms with E-state index >= 15 is 0 Å². The number of thiophene rings is 1. The van der Waals surface area contributed by atoms with E-state index in [4.69, 9.17) is 26.7 Å². The highest BCUT2D eigenvalue weighted by atomic mass is 35.5. The predicted octanol–water partition coefficient (Wildman–Crippen LogP) is 5.84. The summed E-state index contributed by atoms with van der Waals surface area (Å²) in [6, 6.07) is 9.22. The second-order valence-corrected chi connectivity index (χ2v) is 8.59. The van der Waals surface area contributed by atoms with Gasteiger partial charge < -0.3 is 15.5 Å². The molecule has 0 spiro atoms. The van der Waals surface area contributed by atoms with Crippen LogP contribution in [0.4, 0.5) is 11.4 Å². The minimum Gasteiger partial charge on any atom is -0.464 e. The number of pyridine rings is 1. The molecule has 3 heterocycles. The summed E-state index contributed by atoms with van der Waals surface area (Å²) in [5, 5.41) is 4.30. The third kappa shape index (κ3) is 2.99. The van der Waals surface area contributed by atoms with Gasteiger partial charge in [-0.2, -0.15) is 0 Å². The van der Waals surface area contributed by atoms with E-state index < -0.39 is 0 Å². The second kappa shape index (κ2) is 6.90. The summed E-state index contributed by atoms with van der Waals surface area (Å²) in [4.78, 5) is 19.0. The Hall–Kier alpha value is -2.83. The number of halogens is 1. The number of amides is 1. The van der Waals surface area contributed by atoms with Crippen LogP contribution in [0.5, 0.6) is 0 Å². The fraction of sp³-hybridized carbons (Fsp3) is 0.182. The Morgan fingerprint density at radius 1 is 1.31 bits per heavy atom. The van der Waals surface area contributed by atoms with Crippen LogP contribution in [0, 0.1) is 6.92 Å². The summed E-state index contributed by atoms with van der Waals surface area (Å²) in [7, 11) is 0. The lowest BCUT2D eigenvalue weighted by Gasteiger charge is -2.09. The Balaban J connectivity index is 1.63. The first-order valence-electron chi connectivity index (χ1n) is 9.38. The molecular formula is C22H18ClN3O2S. The summed E-state index contributed by atoms with van der Waals surface area (Å²) >= 11 is 7.49. The van der Waals surface area contributed by atoms with E-state index in [1.165, 1.54) is 16.9 Å². The molecule has 4 aromatic rings. The molecule has 146 valence electrons. The van der Waals surface area contributed by atoms with E-state index in [0.29, 0.717) is 21.3 Å². The molecule has 1 aliphatic carbocycles. The van der Waals surface area contributed by atoms with Crippen molar-refractivity contribution < 1.29 is 9.21 Å². The quantitative estimate of drug-likeness (QED) is 0.433. The highest BCUT2D eigenvalue weighted by molar-refractivity contribution is 7.21. The first-order valence-corrected chi connectivity index (χ1v) is 10.6. The van der Waals surface area contributed by atoms with E-state index in [0.717, 1.165) is 52.1 Å². The number of benzene rings is 1.